The lowest BCUT2D eigenvalue weighted by molar-refractivity contribution is 0.0222. The number of likely N-dealkylation sites (tertiary alicyclic amines) is 1. The molecule has 126 valence electrons. The quantitative estimate of drug-likeness (QED) is 0.697. The van der Waals surface area contributed by atoms with Crippen LogP contribution in [0.25, 0.3) is 0 Å². The van der Waals surface area contributed by atoms with Gasteiger partial charge in [0.05, 0.1) is 12.6 Å². The minimum Gasteiger partial charge on any atom is -0.493 e. The van der Waals surface area contributed by atoms with Gasteiger partial charge in [-0.2, -0.15) is 0 Å². The summed E-state index contributed by atoms with van der Waals surface area (Å²) in [6.45, 7) is 7.20. The van der Waals surface area contributed by atoms with E-state index in [1.807, 2.05) is 25.7 Å². The number of aryl methyl sites for hydroxylation is 1. The molecule has 0 aromatic heterocycles. The molecule has 4 nitrogen and oxygen atoms in total. The van der Waals surface area contributed by atoms with Gasteiger partial charge in [-0.3, -0.25) is 0 Å². The van der Waals surface area contributed by atoms with Crippen LogP contribution in [0.5, 0.6) is 5.75 Å². The lowest BCUT2D eigenvalue weighted by Crippen LogP contribution is -2.36. The predicted molar refractivity (Wildman–Crippen MR) is 92.9 cm³/mol. The Hall–Kier alpha value is -1.23. The van der Waals surface area contributed by atoms with E-state index in [-0.39, 0.29) is 12.1 Å². The molecular weight excluding hydrogens is 358 g/mol. The molecule has 1 aromatic rings. The number of halogens is 1. The number of hydrogen-bond donors (Lipinski definition) is 0. The van der Waals surface area contributed by atoms with Crippen molar-refractivity contribution in [1.29, 1.82) is 0 Å². The first-order valence-corrected chi connectivity index (χ1v) is 9.09. The first-order chi connectivity index (χ1) is 10.8. The molecule has 1 aromatic carbocycles. The largest absolute Gasteiger partial charge is 0.493 e. The van der Waals surface area contributed by atoms with Gasteiger partial charge in [-0.1, -0.05) is 15.9 Å². The highest BCUT2D eigenvalue weighted by molar-refractivity contribution is 9.10. The van der Waals surface area contributed by atoms with Gasteiger partial charge in [0.1, 0.15) is 11.4 Å². The molecule has 1 amide bonds. The van der Waals surface area contributed by atoms with Gasteiger partial charge in [0.25, 0.3) is 0 Å². The van der Waals surface area contributed by atoms with Gasteiger partial charge in [-0.25, -0.2) is 4.79 Å². The first kappa shape index (κ1) is 16.6. The van der Waals surface area contributed by atoms with Gasteiger partial charge in [0.15, 0.2) is 0 Å². The average molecular weight is 382 g/mol. The zero-order valence-electron chi connectivity index (χ0n) is 14.0. The summed E-state index contributed by atoms with van der Waals surface area (Å²) in [7, 11) is 0. The molecule has 0 spiro atoms. The highest BCUT2D eigenvalue weighted by atomic mass is 79.9. The molecule has 5 heteroatoms. The number of carbonyl (C=O) groups is 1. The minimum atomic E-state index is -0.475. The maximum atomic E-state index is 12.5. The van der Waals surface area contributed by atoms with E-state index in [0.717, 1.165) is 54.6 Å². The second-order valence-electron chi connectivity index (χ2n) is 7.27. The van der Waals surface area contributed by atoms with Gasteiger partial charge in [0.2, 0.25) is 0 Å². The minimum absolute atomic E-state index is 0.0363. The van der Waals surface area contributed by atoms with E-state index in [9.17, 15) is 4.79 Å². The van der Waals surface area contributed by atoms with Crippen LogP contribution in [-0.2, 0) is 11.2 Å². The van der Waals surface area contributed by atoms with Crippen molar-refractivity contribution in [1.82, 2.24) is 4.90 Å². The standard InChI is InChI=1S/C18H24BrNO3/c1-18(2,3)23-17(21)20-8-4-7-15(20)14-11-13(19)10-12-6-5-9-22-16(12)14/h10-11,15H,4-9H2,1-3H3. The Balaban J connectivity index is 1.91. The highest BCUT2D eigenvalue weighted by Crippen LogP contribution is 2.42. The van der Waals surface area contributed by atoms with Crippen LogP contribution in [-0.4, -0.2) is 29.7 Å². The molecule has 2 aliphatic rings. The Morgan fingerprint density at radius 3 is 2.87 bits per heavy atom. The Bertz CT molecular complexity index is 609. The lowest BCUT2D eigenvalue weighted by atomic mass is 9.97. The molecule has 0 N–H and O–H groups in total. The SMILES string of the molecule is CC(C)(C)OC(=O)N1CCCC1c1cc(Br)cc2c1OCCC2. The number of nitrogens with zero attached hydrogens (tertiary/aromatic N) is 1. The van der Waals surface area contributed by atoms with Crippen molar-refractivity contribution >= 4 is 22.0 Å². The van der Waals surface area contributed by atoms with Crippen molar-refractivity contribution in [3.63, 3.8) is 0 Å². The number of rotatable bonds is 1. The summed E-state index contributed by atoms with van der Waals surface area (Å²) in [6, 6.07) is 4.26. The topological polar surface area (TPSA) is 38.8 Å². The fourth-order valence-electron chi connectivity index (χ4n) is 3.35. The molecule has 1 saturated heterocycles. The Labute approximate surface area is 146 Å². The summed E-state index contributed by atoms with van der Waals surface area (Å²) >= 11 is 3.60. The van der Waals surface area contributed by atoms with Gasteiger partial charge >= 0.3 is 6.09 Å². The number of ether oxygens (including phenoxy) is 2. The van der Waals surface area contributed by atoms with Crippen LogP contribution in [0.15, 0.2) is 16.6 Å². The van der Waals surface area contributed by atoms with E-state index < -0.39 is 5.60 Å². The van der Waals surface area contributed by atoms with Crippen molar-refractivity contribution in [3.8, 4) is 5.75 Å². The lowest BCUT2D eigenvalue weighted by Gasteiger charge is -2.31. The van der Waals surface area contributed by atoms with Gasteiger partial charge < -0.3 is 14.4 Å². The summed E-state index contributed by atoms with van der Waals surface area (Å²) in [5.74, 6) is 0.972. The number of benzene rings is 1. The molecule has 1 unspecified atom stereocenters. The van der Waals surface area contributed by atoms with Crippen molar-refractivity contribution in [3.05, 3.63) is 27.7 Å². The molecule has 1 atom stereocenters. The normalized spacial score (nSPS) is 20.9. The second kappa shape index (κ2) is 6.34. The fraction of sp³-hybridized carbons (Fsp3) is 0.611. The maximum absolute atomic E-state index is 12.5. The molecule has 23 heavy (non-hydrogen) atoms. The van der Waals surface area contributed by atoms with E-state index in [0.29, 0.717) is 0 Å². The van der Waals surface area contributed by atoms with E-state index in [1.54, 1.807) is 0 Å². The van der Waals surface area contributed by atoms with Crippen LogP contribution in [0.2, 0.25) is 0 Å². The van der Waals surface area contributed by atoms with Crippen LogP contribution < -0.4 is 4.74 Å². The third-order valence-electron chi connectivity index (χ3n) is 4.24. The first-order valence-electron chi connectivity index (χ1n) is 8.30. The van der Waals surface area contributed by atoms with Crippen molar-refractivity contribution in [2.24, 2.45) is 0 Å². The molecule has 2 aliphatic heterocycles. The second-order valence-corrected chi connectivity index (χ2v) is 8.18. The van der Waals surface area contributed by atoms with Crippen LogP contribution >= 0.6 is 15.9 Å². The maximum Gasteiger partial charge on any atom is 0.410 e. The average Bonchev–Trinajstić information content (AvgIpc) is 2.93. The summed E-state index contributed by atoms with van der Waals surface area (Å²) in [4.78, 5) is 14.4. The summed E-state index contributed by atoms with van der Waals surface area (Å²) < 4.78 is 12.6. The van der Waals surface area contributed by atoms with Crippen LogP contribution in [0.3, 0.4) is 0 Å². The van der Waals surface area contributed by atoms with E-state index >= 15 is 0 Å². The monoisotopic (exact) mass is 381 g/mol. The summed E-state index contributed by atoms with van der Waals surface area (Å²) in [6.07, 6.45) is 3.78. The zero-order valence-corrected chi connectivity index (χ0v) is 15.6. The Morgan fingerprint density at radius 1 is 1.35 bits per heavy atom. The van der Waals surface area contributed by atoms with Gasteiger partial charge in [-0.15, -0.1) is 0 Å². The Kier molecular flexibility index (Phi) is 4.59. The number of hydrogen-bond acceptors (Lipinski definition) is 3. The Morgan fingerprint density at radius 2 is 2.13 bits per heavy atom. The summed E-state index contributed by atoms with van der Waals surface area (Å²) in [5.41, 5.74) is 1.87. The molecule has 0 saturated carbocycles. The molecule has 1 fully saturated rings. The molecule has 0 radical (unpaired) electrons. The molecule has 0 aliphatic carbocycles. The van der Waals surface area contributed by atoms with E-state index in [1.165, 1.54) is 5.56 Å². The number of amides is 1. The van der Waals surface area contributed by atoms with Crippen molar-refractivity contribution < 1.29 is 14.3 Å². The molecule has 3 rings (SSSR count). The van der Waals surface area contributed by atoms with Gasteiger partial charge in [0, 0.05) is 16.6 Å². The third kappa shape index (κ3) is 3.65. The number of carbonyl (C=O) groups excluding carboxylic acids is 1. The van der Waals surface area contributed by atoms with E-state index in [4.69, 9.17) is 9.47 Å². The summed E-state index contributed by atoms with van der Waals surface area (Å²) in [5, 5.41) is 0. The van der Waals surface area contributed by atoms with E-state index in [2.05, 4.69) is 28.1 Å². The highest BCUT2D eigenvalue weighted by Gasteiger charge is 2.35. The molecule has 0 bridgehead atoms. The smallest absolute Gasteiger partial charge is 0.410 e. The number of fused-ring (bicyclic) bond motifs is 1. The van der Waals surface area contributed by atoms with Crippen molar-refractivity contribution in [2.45, 2.75) is 58.1 Å². The zero-order chi connectivity index (χ0) is 16.6. The fourth-order valence-corrected chi connectivity index (χ4v) is 3.87. The van der Waals surface area contributed by atoms with Crippen LogP contribution in [0, 0.1) is 0 Å². The van der Waals surface area contributed by atoms with Crippen LogP contribution in [0.1, 0.15) is 57.2 Å². The third-order valence-corrected chi connectivity index (χ3v) is 4.69. The van der Waals surface area contributed by atoms with Crippen LogP contribution in [0.4, 0.5) is 4.79 Å². The van der Waals surface area contributed by atoms with Crippen molar-refractivity contribution in [2.75, 3.05) is 13.2 Å². The predicted octanol–water partition coefficient (Wildman–Crippen LogP) is 4.85. The van der Waals surface area contributed by atoms with Gasteiger partial charge in [-0.05, 0) is 64.2 Å². The molecule has 2 heterocycles. The molecular formula is C18H24BrNO3.